The number of aromatic nitrogens is 3. The highest BCUT2D eigenvalue weighted by Gasteiger charge is 2.28. The molecule has 1 saturated heterocycles. The molecule has 2 aromatic carbocycles. The summed E-state index contributed by atoms with van der Waals surface area (Å²) >= 11 is 12.0. The van der Waals surface area contributed by atoms with Gasteiger partial charge in [-0.05, 0) is 29.8 Å². The molecule has 1 aliphatic heterocycles. The number of nitrogens with two attached hydrogens (primary N) is 1. The number of sulfone groups is 1. The van der Waals surface area contributed by atoms with Crippen molar-refractivity contribution >= 4 is 66.1 Å². The molecule has 1 fully saturated rings. The summed E-state index contributed by atoms with van der Waals surface area (Å²) in [5.74, 6) is -0.327. The van der Waals surface area contributed by atoms with E-state index in [0.29, 0.717) is 11.1 Å². The van der Waals surface area contributed by atoms with Crippen LogP contribution in [0.4, 0.5) is 11.5 Å². The summed E-state index contributed by atoms with van der Waals surface area (Å²) < 4.78 is 52.7. The molecule has 0 radical (unpaired) electrons. The van der Waals surface area contributed by atoms with Gasteiger partial charge in [0.25, 0.3) is 15.9 Å². The fourth-order valence-electron chi connectivity index (χ4n) is 4.03. The maximum Gasteiger partial charge on any atom is 0.263 e. The van der Waals surface area contributed by atoms with E-state index >= 15 is 0 Å². The molecule has 1 amide bonds. The van der Waals surface area contributed by atoms with Crippen LogP contribution >= 0.6 is 23.2 Å². The Bertz CT molecular complexity index is 1780. The van der Waals surface area contributed by atoms with Gasteiger partial charge in [0.1, 0.15) is 16.3 Å². The molecule has 0 atom stereocenters. The summed E-state index contributed by atoms with van der Waals surface area (Å²) in [6, 6.07) is 10.7. The summed E-state index contributed by atoms with van der Waals surface area (Å²) in [5.41, 5.74) is 8.23. The Hall–Kier alpha value is -3.39. The van der Waals surface area contributed by atoms with Crippen LogP contribution in [-0.4, -0.2) is 66.8 Å². The molecule has 38 heavy (non-hydrogen) atoms. The van der Waals surface area contributed by atoms with Crippen molar-refractivity contribution in [1.82, 2.24) is 19.5 Å². The number of sulfonamides is 1. The first-order valence-electron chi connectivity index (χ1n) is 11.2. The third kappa shape index (κ3) is 4.89. The second-order valence-corrected chi connectivity index (χ2v) is 13.3. The summed E-state index contributed by atoms with van der Waals surface area (Å²) in [4.78, 5) is 18.7. The monoisotopic (exact) mass is 594 g/mol. The fraction of sp³-hybridized carbons (Fsp3) is 0.174. The molecule has 2 aromatic heterocycles. The zero-order chi connectivity index (χ0) is 27.2. The van der Waals surface area contributed by atoms with Gasteiger partial charge in [-0.25, -0.2) is 21.8 Å². The van der Waals surface area contributed by atoms with E-state index in [0.717, 1.165) is 0 Å². The van der Waals surface area contributed by atoms with E-state index in [-0.39, 0.29) is 68.2 Å². The molecular formula is C23H20Cl2N6O5S2. The van der Waals surface area contributed by atoms with Gasteiger partial charge in [-0.15, -0.1) is 0 Å². The highest BCUT2D eigenvalue weighted by molar-refractivity contribution is 7.93. The maximum absolute atomic E-state index is 13.0. The number of nitrogen functional groups attached to an aromatic ring is 1. The Kier molecular flexibility index (Phi) is 6.71. The van der Waals surface area contributed by atoms with Gasteiger partial charge >= 0.3 is 0 Å². The number of amides is 1. The molecular weight excluding hydrogens is 575 g/mol. The van der Waals surface area contributed by atoms with Crippen molar-refractivity contribution < 1.29 is 21.6 Å². The molecule has 3 heterocycles. The Balaban J connectivity index is 1.39. The van der Waals surface area contributed by atoms with Crippen molar-refractivity contribution in [3.05, 3.63) is 70.5 Å². The Morgan fingerprint density at radius 3 is 2.39 bits per heavy atom. The Labute approximate surface area is 228 Å². The number of benzene rings is 2. The van der Waals surface area contributed by atoms with Crippen molar-refractivity contribution in [1.29, 1.82) is 0 Å². The molecule has 0 spiro atoms. The van der Waals surface area contributed by atoms with E-state index in [9.17, 15) is 21.6 Å². The number of carbonyl (C=O) groups is 1. The third-order valence-corrected chi connectivity index (χ3v) is 10.0. The normalized spacial score (nSPS) is 15.5. The van der Waals surface area contributed by atoms with Gasteiger partial charge < -0.3 is 10.6 Å². The summed E-state index contributed by atoms with van der Waals surface area (Å²) in [6.45, 7) is 0.206. The van der Waals surface area contributed by atoms with E-state index in [4.69, 9.17) is 28.9 Å². The van der Waals surface area contributed by atoms with E-state index in [1.807, 2.05) is 0 Å². The van der Waals surface area contributed by atoms with Gasteiger partial charge in [0.2, 0.25) is 0 Å². The average molecular weight is 595 g/mol. The van der Waals surface area contributed by atoms with Crippen LogP contribution in [0.3, 0.4) is 0 Å². The van der Waals surface area contributed by atoms with Crippen LogP contribution in [0.25, 0.3) is 16.8 Å². The number of nitrogens with one attached hydrogen (secondary N) is 1. The number of halogens is 2. The number of anilines is 2. The van der Waals surface area contributed by atoms with E-state index in [1.165, 1.54) is 40.0 Å². The van der Waals surface area contributed by atoms with Gasteiger partial charge in [0, 0.05) is 30.5 Å². The molecule has 1 aliphatic rings. The lowest BCUT2D eigenvalue weighted by atomic mass is 10.1. The predicted octanol–water partition coefficient (Wildman–Crippen LogP) is 2.96. The molecule has 3 N–H and O–H groups in total. The molecule has 198 valence electrons. The standard InChI is InChI=1S/C23H20Cl2N6O5S2/c24-18-2-1-3-19(20(18)25)38(35,36)29-15-6-4-14(5-7-15)16-12-27-22-17(13-28-31(22)21(16)26)23(32)30-8-10-37(33,34)11-9-30/h1-7,12-13,29H,8-11,26H2. The Morgan fingerprint density at radius 2 is 1.71 bits per heavy atom. The van der Waals surface area contributed by atoms with Crippen LogP contribution in [-0.2, 0) is 19.9 Å². The minimum atomic E-state index is -3.99. The van der Waals surface area contributed by atoms with Crippen molar-refractivity contribution in [2.24, 2.45) is 0 Å². The predicted molar refractivity (Wildman–Crippen MR) is 145 cm³/mol. The zero-order valence-corrected chi connectivity index (χ0v) is 22.6. The van der Waals surface area contributed by atoms with Gasteiger partial charge in [-0.2, -0.15) is 9.61 Å². The second-order valence-electron chi connectivity index (χ2n) is 8.53. The summed E-state index contributed by atoms with van der Waals surface area (Å²) in [6.07, 6.45) is 2.85. The molecule has 0 saturated carbocycles. The molecule has 0 aliphatic carbocycles. The van der Waals surface area contributed by atoms with Crippen LogP contribution in [0.2, 0.25) is 10.0 Å². The Morgan fingerprint density at radius 1 is 1.03 bits per heavy atom. The SMILES string of the molecule is Nc1c(-c2ccc(NS(=O)(=O)c3cccc(Cl)c3Cl)cc2)cnc2c(C(=O)N3CCS(=O)(=O)CC3)cnn12. The first-order valence-corrected chi connectivity index (χ1v) is 15.2. The molecule has 0 unspecified atom stereocenters. The van der Waals surface area contributed by atoms with Crippen molar-refractivity contribution in [2.45, 2.75) is 4.90 Å². The van der Waals surface area contributed by atoms with Gasteiger partial charge in [0.15, 0.2) is 15.5 Å². The van der Waals surface area contributed by atoms with Crippen molar-refractivity contribution in [2.75, 3.05) is 35.1 Å². The highest BCUT2D eigenvalue weighted by atomic mass is 35.5. The number of fused-ring (bicyclic) bond motifs is 1. The molecule has 15 heteroatoms. The van der Waals surface area contributed by atoms with Crippen LogP contribution in [0.15, 0.2) is 59.8 Å². The number of rotatable bonds is 5. The van der Waals surface area contributed by atoms with Crippen LogP contribution in [0.1, 0.15) is 10.4 Å². The largest absolute Gasteiger partial charge is 0.383 e. The topological polar surface area (TPSA) is 157 Å². The maximum atomic E-state index is 13.0. The second kappa shape index (κ2) is 9.73. The minimum Gasteiger partial charge on any atom is -0.383 e. The van der Waals surface area contributed by atoms with Crippen LogP contribution < -0.4 is 10.5 Å². The van der Waals surface area contributed by atoms with Gasteiger partial charge in [-0.3, -0.25) is 9.52 Å². The lowest BCUT2D eigenvalue weighted by Gasteiger charge is -2.26. The molecule has 5 rings (SSSR count). The van der Waals surface area contributed by atoms with Gasteiger partial charge in [-0.1, -0.05) is 41.4 Å². The van der Waals surface area contributed by atoms with Crippen LogP contribution in [0.5, 0.6) is 0 Å². The van der Waals surface area contributed by atoms with Crippen molar-refractivity contribution in [3.8, 4) is 11.1 Å². The average Bonchev–Trinajstić information content (AvgIpc) is 3.31. The number of hydrogen-bond donors (Lipinski definition) is 2. The quantitative estimate of drug-likeness (QED) is 0.357. The van der Waals surface area contributed by atoms with Crippen LogP contribution in [0, 0.1) is 0 Å². The van der Waals surface area contributed by atoms with E-state index < -0.39 is 19.9 Å². The van der Waals surface area contributed by atoms with E-state index in [1.54, 1.807) is 24.3 Å². The number of hydrogen-bond acceptors (Lipinski definition) is 8. The molecule has 4 aromatic rings. The lowest BCUT2D eigenvalue weighted by molar-refractivity contribution is 0.0772. The highest BCUT2D eigenvalue weighted by Crippen LogP contribution is 2.31. The summed E-state index contributed by atoms with van der Waals surface area (Å²) in [7, 11) is -7.12. The number of nitrogens with zero attached hydrogens (tertiary/aromatic N) is 4. The third-order valence-electron chi connectivity index (χ3n) is 6.08. The molecule has 11 nitrogen and oxygen atoms in total. The lowest BCUT2D eigenvalue weighted by Crippen LogP contribution is -2.43. The minimum absolute atomic E-state index is 0.0761. The van der Waals surface area contributed by atoms with Gasteiger partial charge in [0.05, 0.1) is 27.7 Å². The van der Waals surface area contributed by atoms with E-state index in [2.05, 4.69) is 14.8 Å². The smallest absolute Gasteiger partial charge is 0.263 e. The fourth-order valence-corrected chi connectivity index (χ4v) is 7.05. The number of carbonyl (C=O) groups excluding carboxylic acids is 1. The summed E-state index contributed by atoms with van der Waals surface area (Å²) in [5, 5.41) is 4.26. The zero-order valence-electron chi connectivity index (χ0n) is 19.5. The first-order chi connectivity index (χ1) is 18.0. The van der Waals surface area contributed by atoms with Crippen molar-refractivity contribution in [3.63, 3.8) is 0 Å². The first kappa shape index (κ1) is 26.2. The molecule has 0 bridgehead atoms.